The molecule has 0 saturated carbocycles. The van der Waals surface area contributed by atoms with Crippen molar-refractivity contribution in [2.75, 3.05) is 7.11 Å². The van der Waals surface area contributed by atoms with E-state index in [9.17, 15) is 9.90 Å². The van der Waals surface area contributed by atoms with Gasteiger partial charge in [-0.15, -0.1) is 0 Å². The molecule has 0 bridgehead atoms. The highest BCUT2D eigenvalue weighted by Gasteiger charge is 2.04. The molecule has 0 radical (unpaired) electrons. The van der Waals surface area contributed by atoms with Crippen LogP contribution in [0.25, 0.3) is 0 Å². The minimum atomic E-state index is -0.470. The summed E-state index contributed by atoms with van der Waals surface area (Å²) in [6.45, 7) is 1.70. The van der Waals surface area contributed by atoms with Gasteiger partial charge in [-0.2, -0.15) is 0 Å². The summed E-state index contributed by atoms with van der Waals surface area (Å²) in [4.78, 5) is 10.9. The number of carbonyl (C=O) groups is 1. The van der Waals surface area contributed by atoms with Crippen LogP contribution >= 0.6 is 0 Å². The van der Waals surface area contributed by atoms with Crippen LogP contribution in [0.15, 0.2) is 24.3 Å². The molecule has 0 aromatic heterocycles. The number of aliphatic hydroxyl groups excluding tert-OH is 1. The number of esters is 1. The summed E-state index contributed by atoms with van der Waals surface area (Å²) in [5.41, 5.74) is 1.74. The minimum Gasteiger partial charge on any atom is -0.469 e. The van der Waals surface area contributed by atoms with Crippen molar-refractivity contribution in [3.63, 3.8) is 0 Å². The predicted octanol–water partition coefficient (Wildman–Crippen LogP) is 1.46. The van der Waals surface area contributed by atoms with Crippen molar-refractivity contribution in [3.05, 3.63) is 35.4 Å². The fourth-order valence-corrected chi connectivity index (χ4v) is 1.15. The second-order valence-corrected chi connectivity index (χ2v) is 3.17. The summed E-state index contributed by atoms with van der Waals surface area (Å²) in [5.74, 6) is -0.255. The van der Waals surface area contributed by atoms with Crippen LogP contribution in [0.1, 0.15) is 24.2 Å². The predicted molar refractivity (Wildman–Crippen MR) is 52.8 cm³/mol. The highest BCUT2D eigenvalue weighted by Crippen LogP contribution is 2.13. The molecule has 0 saturated heterocycles. The Labute approximate surface area is 83.3 Å². The van der Waals surface area contributed by atoms with Crippen LogP contribution in [-0.4, -0.2) is 18.2 Å². The number of aliphatic hydroxyl groups is 1. The van der Waals surface area contributed by atoms with Crippen molar-refractivity contribution in [2.45, 2.75) is 19.4 Å². The van der Waals surface area contributed by atoms with E-state index in [1.165, 1.54) is 7.11 Å². The SMILES string of the molecule is COC(=O)Cc1ccc(C(C)O)cc1. The quantitative estimate of drug-likeness (QED) is 0.741. The second kappa shape index (κ2) is 4.77. The van der Waals surface area contributed by atoms with E-state index in [0.29, 0.717) is 0 Å². The molecule has 3 heteroatoms. The van der Waals surface area contributed by atoms with E-state index >= 15 is 0 Å². The topological polar surface area (TPSA) is 46.5 Å². The molecular weight excluding hydrogens is 180 g/mol. The first-order valence-electron chi connectivity index (χ1n) is 4.47. The van der Waals surface area contributed by atoms with E-state index in [0.717, 1.165) is 11.1 Å². The smallest absolute Gasteiger partial charge is 0.309 e. The normalized spacial score (nSPS) is 12.2. The van der Waals surface area contributed by atoms with Crippen molar-refractivity contribution in [2.24, 2.45) is 0 Å². The number of rotatable bonds is 3. The molecule has 1 aromatic carbocycles. The highest BCUT2D eigenvalue weighted by atomic mass is 16.5. The zero-order valence-corrected chi connectivity index (χ0v) is 8.36. The van der Waals surface area contributed by atoms with Crippen molar-refractivity contribution in [1.29, 1.82) is 0 Å². The summed E-state index contributed by atoms with van der Waals surface area (Å²) in [6, 6.07) is 7.25. The number of hydrogen-bond donors (Lipinski definition) is 1. The monoisotopic (exact) mass is 194 g/mol. The Morgan fingerprint density at radius 1 is 1.43 bits per heavy atom. The lowest BCUT2D eigenvalue weighted by atomic mass is 10.1. The Hall–Kier alpha value is -1.35. The van der Waals surface area contributed by atoms with Crippen LogP contribution in [0.2, 0.25) is 0 Å². The molecule has 0 aliphatic carbocycles. The van der Waals surface area contributed by atoms with Crippen LogP contribution in [0.4, 0.5) is 0 Å². The number of benzene rings is 1. The molecule has 14 heavy (non-hydrogen) atoms. The summed E-state index contributed by atoms with van der Waals surface area (Å²) < 4.78 is 4.54. The van der Waals surface area contributed by atoms with Crippen molar-refractivity contribution in [3.8, 4) is 0 Å². The van der Waals surface area contributed by atoms with Gasteiger partial charge in [0.1, 0.15) is 0 Å². The van der Waals surface area contributed by atoms with E-state index in [4.69, 9.17) is 0 Å². The third-order valence-corrected chi connectivity index (χ3v) is 2.04. The Bertz CT molecular complexity index is 301. The van der Waals surface area contributed by atoms with Gasteiger partial charge in [-0.05, 0) is 18.1 Å². The molecule has 76 valence electrons. The molecule has 1 rings (SSSR count). The van der Waals surface area contributed by atoms with Crippen LogP contribution in [0.5, 0.6) is 0 Å². The highest BCUT2D eigenvalue weighted by molar-refractivity contribution is 5.72. The van der Waals surface area contributed by atoms with Crippen LogP contribution in [0.3, 0.4) is 0 Å². The van der Waals surface area contributed by atoms with E-state index < -0.39 is 6.10 Å². The van der Waals surface area contributed by atoms with Gasteiger partial charge < -0.3 is 9.84 Å². The Morgan fingerprint density at radius 3 is 2.43 bits per heavy atom. The largest absolute Gasteiger partial charge is 0.469 e. The molecule has 0 fully saturated rings. The molecule has 0 amide bonds. The molecule has 0 aliphatic heterocycles. The fraction of sp³-hybridized carbons (Fsp3) is 0.364. The number of ether oxygens (including phenoxy) is 1. The summed E-state index contributed by atoms with van der Waals surface area (Å²) in [7, 11) is 1.37. The number of methoxy groups -OCH3 is 1. The van der Waals surface area contributed by atoms with Gasteiger partial charge >= 0.3 is 5.97 Å². The first-order valence-corrected chi connectivity index (χ1v) is 4.47. The van der Waals surface area contributed by atoms with Crippen LogP contribution in [-0.2, 0) is 16.0 Å². The molecule has 1 atom stereocenters. The number of hydrogen-bond acceptors (Lipinski definition) is 3. The van der Waals surface area contributed by atoms with Gasteiger partial charge in [0.05, 0.1) is 19.6 Å². The molecule has 1 N–H and O–H groups in total. The van der Waals surface area contributed by atoms with Gasteiger partial charge in [-0.25, -0.2) is 0 Å². The van der Waals surface area contributed by atoms with E-state index in [1.807, 2.05) is 24.3 Å². The lowest BCUT2D eigenvalue weighted by Gasteiger charge is -2.05. The zero-order valence-electron chi connectivity index (χ0n) is 8.36. The summed E-state index contributed by atoms with van der Waals surface area (Å²) in [6.07, 6.45) is -0.196. The maximum atomic E-state index is 10.9. The third-order valence-electron chi connectivity index (χ3n) is 2.04. The minimum absolute atomic E-state index is 0.255. The lowest BCUT2D eigenvalue weighted by Crippen LogP contribution is -2.04. The molecule has 0 spiro atoms. The first kappa shape index (κ1) is 10.7. The second-order valence-electron chi connectivity index (χ2n) is 3.17. The fourth-order valence-electron chi connectivity index (χ4n) is 1.15. The first-order chi connectivity index (χ1) is 6.63. The average Bonchev–Trinajstić information content (AvgIpc) is 2.18. The zero-order chi connectivity index (χ0) is 10.6. The van der Waals surface area contributed by atoms with Gasteiger partial charge in [0.25, 0.3) is 0 Å². The average molecular weight is 194 g/mol. The van der Waals surface area contributed by atoms with E-state index in [1.54, 1.807) is 6.92 Å². The molecule has 1 aromatic rings. The van der Waals surface area contributed by atoms with Crippen LogP contribution < -0.4 is 0 Å². The molecule has 1 unspecified atom stereocenters. The standard InChI is InChI=1S/C11H14O3/c1-8(12)10-5-3-9(4-6-10)7-11(13)14-2/h3-6,8,12H,7H2,1-2H3. The van der Waals surface area contributed by atoms with Crippen molar-refractivity contribution < 1.29 is 14.6 Å². The Morgan fingerprint density at radius 2 is 2.00 bits per heavy atom. The Kier molecular flexibility index (Phi) is 3.65. The van der Waals surface area contributed by atoms with E-state index in [-0.39, 0.29) is 12.4 Å². The van der Waals surface area contributed by atoms with Gasteiger partial charge in [-0.1, -0.05) is 24.3 Å². The van der Waals surface area contributed by atoms with Crippen molar-refractivity contribution >= 4 is 5.97 Å². The maximum absolute atomic E-state index is 10.9. The molecule has 0 heterocycles. The van der Waals surface area contributed by atoms with Gasteiger partial charge in [-0.3, -0.25) is 4.79 Å². The molecular formula is C11H14O3. The van der Waals surface area contributed by atoms with Gasteiger partial charge in [0.15, 0.2) is 0 Å². The third kappa shape index (κ3) is 2.85. The molecule has 0 aliphatic rings. The van der Waals surface area contributed by atoms with Gasteiger partial charge in [0.2, 0.25) is 0 Å². The number of carbonyl (C=O) groups excluding carboxylic acids is 1. The van der Waals surface area contributed by atoms with Crippen molar-refractivity contribution in [1.82, 2.24) is 0 Å². The molecule has 3 nitrogen and oxygen atoms in total. The van der Waals surface area contributed by atoms with Gasteiger partial charge in [0, 0.05) is 0 Å². The summed E-state index contributed by atoms with van der Waals surface area (Å²) in [5, 5.41) is 9.25. The Balaban J connectivity index is 2.69. The van der Waals surface area contributed by atoms with E-state index in [2.05, 4.69) is 4.74 Å². The lowest BCUT2D eigenvalue weighted by molar-refractivity contribution is -0.139. The summed E-state index contributed by atoms with van der Waals surface area (Å²) >= 11 is 0. The maximum Gasteiger partial charge on any atom is 0.309 e. The van der Waals surface area contributed by atoms with Crippen LogP contribution in [0, 0.1) is 0 Å².